The van der Waals surface area contributed by atoms with Crippen molar-refractivity contribution in [3.05, 3.63) is 69.2 Å². The van der Waals surface area contributed by atoms with Crippen molar-refractivity contribution >= 4 is 84.9 Å². The number of halogens is 2. The summed E-state index contributed by atoms with van der Waals surface area (Å²) < 4.78 is 3.84. The summed E-state index contributed by atoms with van der Waals surface area (Å²) in [7, 11) is 0. The van der Waals surface area contributed by atoms with Crippen LogP contribution in [-0.2, 0) is 0 Å². The third-order valence-electron chi connectivity index (χ3n) is 8.91. The highest BCUT2D eigenvalue weighted by atomic mass is 79.9. The first kappa shape index (κ1) is 31.7. The van der Waals surface area contributed by atoms with Crippen LogP contribution in [0, 0.1) is 0 Å². The van der Waals surface area contributed by atoms with E-state index in [1.165, 1.54) is 78.9 Å². The minimum Gasteiger partial charge on any atom is -0.272 e. The molecule has 0 saturated heterocycles. The van der Waals surface area contributed by atoms with Crippen molar-refractivity contribution in [1.82, 2.24) is 4.57 Å². The molecular formula is C36H43Br2NO2S. The van der Waals surface area contributed by atoms with Crippen LogP contribution in [0.2, 0.25) is 0 Å². The molecule has 0 aliphatic rings. The lowest BCUT2D eigenvalue weighted by Crippen LogP contribution is -2.35. The summed E-state index contributed by atoms with van der Waals surface area (Å²) in [6, 6.07) is 16.2. The summed E-state index contributed by atoms with van der Waals surface area (Å²) in [5, 5.41) is 5.45. The Labute approximate surface area is 270 Å². The predicted octanol–water partition coefficient (Wildman–Crippen LogP) is 11.5. The summed E-state index contributed by atoms with van der Waals surface area (Å²) in [4.78, 5) is 28.6. The SMILES string of the molecule is CCCCCCCC(Br)CCCCCC(Br)CCC(C)n1c(=O)c2ccc3sc4ccccc4c4ccc(c1=O)c2c34. The topological polar surface area (TPSA) is 39.1 Å². The molecule has 6 heteroatoms. The van der Waals surface area contributed by atoms with Crippen molar-refractivity contribution in [2.24, 2.45) is 0 Å². The summed E-state index contributed by atoms with van der Waals surface area (Å²) >= 11 is 9.50. The van der Waals surface area contributed by atoms with E-state index in [9.17, 15) is 9.59 Å². The van der Waals surface area contributed by atoms with Crippen LogP contribution in [0.5, 0.6) is 0 Å². The average Bonchev–Trinajstić information content (AvgIpc) is 2.99. The fourth-order valence-electron chi connectivity index (χ4n) is 6.50. The van der Waals surface area contributed by atoms with Crippen molar-refractivity contribution in [3.8, 4) is 0 Å². The van der Waals surface area contributed by atoms with Gasteiger partial charge in [-0.05, 0) is 74.1 Å². The van der Waals surface area contributed by atoms with Gasteiger partial charge in [-0.2, -0.15) is 0 Å². The van der Waals surface area contributed by atoms with E-state index in [1.54, 1.807) is 11.3 Å². The smallest absolute Gasteiger partial charge is 0.261 e. The van der Waals surface area contributed by atoms with Gasteiger partial charge >= 0.3 is 0 Å². The lowest BCUT2D eigenvalue weighted by molar-refractivity contribution is 0.457. The minimum atomic E-state index is -0.159. The summed E-state index contributed by atoms with van der Waals surface area (Å²) in [6.07, 6.45) is 15.9. The number of rotatable bonds is 16. The van der Waals surface area contributed by atoms with Crippen LogP contribution >= 0.6 is 43.2 Å². The molecule has 3 unspecified atom stereocenters. The Kier molecular flexibility index (Phi) is 11.2. The number of fused-ring (bicyclic) bond motifs is 2. The number of hydrogen-bond donors (Lipinski definition) is 0. The average molecular weight is 714 g/mol. The van der Waals surface area contributed by atoms with Gasteiger partial charge in [-0.3, -0.25) is 14.2 Å². The normalized spacial score (nSPS) is 14.4. The zero-order valence-corrected chi connectivity index (χ0v) is 29.0. The van der Waals surface area contributed by atoms with Gasteiger partial charge in [-0.15, -0.1) is 11.3 Å². The second-order valence-electron chi connectivity index (χ2n) is 12.1. The Morgan fingerprint density at radius 2 is 1.19 bits per heavy atom. The molecule has 0 radical (unpaired) electrons. The fourth-order valence-corrected chi connectivity index (χ4v) is 8.85. The molecule has 0 aliphatic heterocycles. The van der Waals surface area contributed by atoms with E-state index in [2.05, 4.69) is 69.1 Å². The number of unbranched alkanes of at least 4 members (excludes halogenated alkanes) is 6. The van der Waals surface area contributed by atoms with Gasteiger partial charge in [0.15, 0.2) is 0 Å². The zero-order chi connectivity index (χ0) is 29.6. The maximum Gasteiger partial charge on any atom is 0.261 e. The van der Waals surface area contributed by atoms with Crippen LogP contribution in [0.25, 0.3) is 41.7 Å². The number of alkyl halides is 2. The number of benzene rings is 3. The molecule has 0 spiro atoms. The zero-order valence-electron chi connectivity index (χ0n) is 25.0. The Morgan fingerprint density at radius 3 is 1.88 bits per heavy atom. The van der Waals surface area contributed by atoms with Crippen molar-refractivity contribution in [2.75, 3.05) is 0 Å². The van der Waals surface area contributed by atoms with Crippen LogP contribution < -0.4 is 11.1 Å². The van der Waals surface area contributed by atoms with E-state index in [0.717, 1.165) is 40.1 Å². The largest absolute Gasteiger partial charge is 0.272 e. The molecule has 2 aromatic heterocycles. The molecule has 0 fully saturated rings. The van der Waals surface area contributed by atoms with E-state index >= 15 is 0 Å². The first-order valence-corrected chi connectivity index (χ1v) is 18.6. The molecule has 3 atom stereocenters. The van der Waals surface area contributed by atoms with Crippen LogP contribution in [0.3, 0.4) is 0 Å². The van der Waals surface area contributed by atoms with Gasteiger partial charge in [0.2, 0.25) is 0 Å². The molecule has 0 aliphatic carbocycles. The highest BCUT2D eigenvalue weighted by molar-refractivity contribution is 9.09. The highest BCUT2D eigenvalue weighted by Crippen LogP contribution is 2.39. The standard InChI is InChI=1S/C36H43Br2NO2S/c1-3-4-5-6-8-13-25(37)14-9-7-10-15-26(38)19-18-24(2)39-35(40)29-21-20-28-27-16-11-12-17-31(27)42-32-23-22-30(36(39)41)33(29)34(28)32/h11-12,16-17,20-26H,3-10,13-15,18-19H2,1-2H3. The first-order chi connectivity index (χ1) is 20.4. The molecular weight excluding hydrogens is 670 g/mol. The van der Waals surface area contributed by atoms with Crippen molar-refractivity contribution in [3.63, 3.8) is 0 Å². The first-order valence-electron chi connectivity index (χ1n) is 15.9. The van der Waals surface area contributed by atoms with Gasteiger partial charge < -0.3 is 0 Å². The Balaban J connectivity index is 1.20. The van der Waals surface area contributed by atoms with Crippen molar-refractivity contribution in [2.45, 2.75) is 113 Å². The van der Waals surface area contributed by atoms with Crippen LogP contribution in [0.1, 0.15) is 103 Å². The lowest BCUT2D eigenvalue weighted by Gasteiger charge is -2.19. The Hall–Kier alpha value is -1.76. The predicted molar refractivity (Wildman–Crippen MR) is 192 cm³/mol. The summed E-state index contributed by atoms with van der Waals surface area (Å²) in [5.74, 6) is 0. The van der Waals surface area contributed by atoms with Gasteiger partial charge in [-0.1, -0.05) is 114 Å². The molecule has 0 N–H and O–H groups in total. The van der Waals surface area contributed by atoms with Gasteiger partial charge in [-0.25, -0.2) is 0 Å². The molecule has 3 nitrogen and oxygen atoms in total. The number of nitrogens with zero attached hydrogens (tertiary/aromatic N) is 1. The molecule has 5 aromatic rings. The molecule has 3 aromatic carbocycles. The molecule has 5 rings (SSSR count). The fraction of sp³-hybridized carbons (Fsp3) is 0.500. The minimum absolute atomic E-state index is 0.151. The number of aromatic nitrogens is 1. The van der Waals surface area contributed by atoms with Crippen LogP contribution in [0.15, 0.2) is 58.1 Å². The Bertz CT molecular complexity index is 1710. The van der Waals surface area contributed by atoms with Gasteiger partial charge in [0, 0.05) is 46.6 Å². The maximum absolute atomic E-state index is 13.8. The monoisotopic (exact) mass is 711 g/mol. The quantitative estimate of drug-likeness (QED) is 0.0442. The summed E-state index contributed by atoms with van der Waals surface area (Å²) in [5.41, 5.74) is -0.318. The molecule has 0 bridgehead atoms. The number of hydrogen-bond acceptors (Lipinski definition) is 3. The van der Waals surface area contributed by atoms with E-state index in [-0.39, 0.29) is 17.2 Å². The van der Waals surface area contributed by atoms with Gasteiger partial charge in [0.25, 0.3) is 11.1 Å². The van der Waals surface area contributed by atoms with E-state index in [4.69, 9.17) is 0 Å². The molecule has 2 heterocycles. The van der Waals surface area contributed by atoms with Crippen molar-refractivity contribution in [1.29, 1.82) is 0 Å². The molecule has 0 saturated carbocycles. The molecule has 42 heavy (non-hydrogen) atoms. The third kappa shape index (κ3) is 6.97. The molecule has 0 amide bonds. The number of pyridine rings is 1. The second kappa shape index (κ2) is 14.8. The lowest BCUT2D eigenvalue weighted by atomic mass is 9.97. The van der Waals surface area contributed by atoms with Gasteiger partial charge in [0.05, 0.1) is 0 Å². The third-order valence-corrected chi connectivity index (χ3v) is 11.9. The Morgan fingerprint density at radius 1 is 0.619 bits per heavy atom. The van der Waals surface area contributed by atoms with Crippen molar-refractivity contribution < 1.29 is 0 Å². The molecule has 224 valence electrons. The van der Waals surface area contributed by atoms with E-state index in [0.29, 0.717) is 20.4 Å². The maximum atomic E-state index is 13.8. The van der Waals surface area contributed by atoms with Crippen LogP contribution in [0.4, 0.5) is 0 Å². The second-order valence-corrected chi connectivity index (χ2v) is 15.7. The van der Waals surface area contributed by atoms with Gasteiger partial charge in [0.1, 0.15) is 0 Å². The van der Waals surface area contributed by atoms with E-state index in [1.807, 2.05) is 25.1 Å². The van der Waals surface area contributed by atoms with Crippen LogP contribution in [-0.4, -0.2) is 14.2 Å². The van der Waals surface area contributed by atoms with E-state index < -0.39 is 0 Å². The highest BCUT2D eigenvalue weighted by Gasteiger charge is 2.21. The summed E-state index contributed by atoms with van der Waals surface area (Å²) in [6.45, 7) is 4.29.